The van der Waals surface area contributed by atoms with Gasteiger partial charge in [0.25, 0.3) is 0 Å². The lowest BCUT2D eigenvalue weighted by molar-refractivity contribution is -0.899. The fourth-order valence-electron chi connectivity index (χ4n) is 3.88. The zero-order valence-corrected chi connectivity index (χ0v) is 16.0. The Morgan fingerprint density at radius 3 is 2.70 bits per heavy atom. The molecule has 2 aliphatic heterocycles. The van der Waals surface area contributed by atoms with E-state index in [2.05, 4.69) is 4.57 Å². The van der Waals surface area contributed by atoms with Crippen LogP contribution >= 0.6 is 0 Å². The number of hydrogen-bond donors (Lipinski definition) is 1. The normalized spacial score (nSPS) is 19.9. The first-order valence-electron chi connectivity index (χ1n) is 9.61. The van der Waals surface area contributed by atoms with Crippen LogP contribution in [0.1, 0.15) is 21.7 Å². The van der Waals surface area contributed by atoms with Crippen LogP contribution < -0.4 is 14.4 Å². The smallest absolute Gasteiger partial charge is 0.218 e. The van der Waals surface area contributed by atoms with Crippen molar-refractivity contribution in [3.8, 4) is 11.5 Å². The van der Waals surface area contributed by atoms with E-state index >= 15 is 0 Å². The van der Waals surface area contributed by atoms with Crippen LogP contribution in [0.25, 0.3) is 0 Å². The van der Waals surface area contributed by atoms with Crippen LogP contribution in [0, 0.1) is 13.8 Å². The highest BCUT2D eigenvalue weighted by molar-refractivity contribution is 5.98. The van der Waals surface area contributed by atoms with Crippen LogP contribution in [0.3, 0.4) is 0 Å². The van der Waals surface area contributed by atoms with E-state index < -0.39 is 0 Å². The molecule has 1 aromatic heterocycles. The molecule has 6 nitrogen and oxygen atoms in total. The molecule has 0 amide bonds. The summed E-state index contributed by atoms with van der Waals surface area (Å²) in [5, 5.41) is 0. The van der Waals surface area contributed by atoms with Crippen LogP contribution in [0.5, 0.6) is 11.5 Å². The molecule has 0 aliphatic carbocycles. The number of nitrogens with one attached hydrogen (secondary N) is 1. The summed E-state index contributed by atoms with van der Waals surface area (Å²) in [6.45, 7) is 9.05. The van der Waals surface area contributed by atoms with Crippen molar-refractivity contribution >= 4 is 5.78 Å². The Hall–Kier alpha value is -2.31. The number of rotatable bonds is 5. The highest BCUT2D eigenvalue weighted by Gasteiger charge is 2.25. The van der Waals surface area contributed by atoms with E-state index in [1.165, 1.54) is 4.90 Å². The van der Waals surface area contributed by atoms with Crippen molar-refractivity contribution < 1.29 is 23.9 Å². The molecular formula is C21H27N2O4+. The van der Waals surface area contributed by atoms with E-state index in [-0.39, 0.29) is 11.9 Å². The van der Waals surface area contributed by atoms with Crippen LogP contribution in [0.15, 0.2) is 30.3 Å². The van der Waals surface area contributed by atoms with Gasteiger partial charge in [-0.1, -0.05) is 12.1 Å². The highest BCUT2D eigenvalue weighted by Crippen LogP contribution is 2.31. The summed E-state index contributed by atoms with van der Waals surface area (Å²) >= 11 is 0. The second-order valence-electron chi connectivity index (χ2n) is 7.36. The number of Topliss-reactive ketones (excluding diaryl/α,β-unsaturated/α-hetero) is 1. The number of morpholine rings is 1. The van der Waals surface area contributed by atoms with Gasteiger partial charge >= 0.3 is 0 Å². The van der Waals surface area contributed by atoms with Crippen LogP contribution in [0.4, 0.5) is 0 Å². The highest BCUT2D eigenvalue weighted by atomic mass is 16.6. The number of para-hydroxylation sites is 2. The van der Waals surface area contributed by atoms with Crippen molar-refractivity contribution in [2.45, 2.75) is 26.5 Å². The Morgan fingerprint density at radius 2 is 1.93 bits per heavy atom. The first-order chi connectivity index (χ1) is 13.1. The third kappa shape index (κ3) is 3.87. The summed E-state index contributed by atoms with van der Waals surface area (Å²) < 4.78 is 19.5. The molecule has 144 valence electrons. The molecule has 0 unspecified atom stereocenters. The van der Waals surface area contributed by atoms with E-state index in [1.807, 2.05) is 44.2 Å². The van der Waals surface area contributed by atoms with Gasteiger partial charge in [-0.05, 0) is 32.0 Å². The van der Waals surface area contributed by atoms with Crippen molar-refractivity contribution in [3.63, 3.8) is 0 Å². The van der Waals surface area contributed by atoms with Gasteiger partial charge in [-0.2, -0.15) is 0 Å². The Bertz CT molecular complexity index is 824. The molecule has 1 fully saturated rings. The van der Waals surface area contributed by atoms with E-state index in [0.717, 1.165) is 54.8 Å². The van der Waals surface area contributed by atoms with Gasteiger partial charge in [0, 0.05) is 17.0 Å². The van der Waals surface area contributed by atoms with Crippen molar-refractivity contribution in [2.24, 2.45) is 0 Å². The van der Waals surface area contributed by atoms with Crippen molar-refractivity contribution in [2.75, 3.05) is 39.5 Å². The van der Waals surface area contributed by atoms with E-state index in [1.54, 1.807) is 0 Å². The summed E-state index contributed by atoms with van der Waals surface area (Å²) in [4.78, 5) is 14.1. The van der Waals surface area contributed by atoms with E-state index in [0.29, 0.717) is 19.7 Å². The molecule has 6 heteroatoms. The zero-order valence-electron chi connectivity index (χ0n) is 16.0. The number of aryl methyl sites for hydroxylation is 1. The predicted molar refractivity (Wildman–Crippen MR) is 101 cm³/mol. The second kappa shape index (κ2) is 7.74. The summed E-state index contributed by atoms with van der Waals surface area (Å²) in [6, 6.07) is 9.74. The number of ether oxygens (including phenoxy) is 3. The molecule has 1 N–H and O–H groups in total. The summed E-state index contributed by atoms with van der Waals surface area (Å²) in [5.41, 5.74) is 2.91. The molecule has 2 aliphatic rings. The standard InChI is InChI=1S/C21H26N2O4/c1-15-11-18(19(24)13-22-7-9-25-10-8-22)16(2)23(15)12-17-14-26-20-5-3-4-6-21(20)27-17/h3-6,11,17H,7-10,12-14H2,1-2H3/p+1/t17-/m1/s1. The van der Waals surface area contributed by atoms with Gasteiger partial charge in [-0.25, -0.2) is 0 Å². The summed E-state index contributed by atoms with van der Waals surface area (Å²) in [6.07, 6.45) is -0.0717. The molecular weight excluding hydrogens is 344 g/mol. The summed E-state index contributed by atoms with van der Waals surface area (Å²) in [7, 11) is 0. The fourth-order valence-corrected chi connectivity index (χ4v) is 3.88. The second-order valence-corrected chi connectivity index (χ2v) is 7.36. The molecule has 4 rings (SSSR count). The number of ketones is 1. The van der Waals surface area contributed by atoms with Gasteiger partial charge in [-0.3, -0.25) is 4.79 Å². The zero-order chi connectivity index (χ0) is 18.8. The van der Waals surface area contributed by atoms with Crippen molar-refractivity contribution in [3.05, 3.63) is 47.3 Å². The first-order valence-corrected chi connectivity index (χ1v) is 9.61. The first kappa shape index (κ1) is 18.1. The molecule has 1 saturated heterocycles. The number of fused-ring (bicyclic) bond motifs is 1. The number of carbonyl (C=O) groups excluding carboxylic acids is 1. The van der Waals surface area contributed by atoms with Crippen LogP contribution in [0.2, 0.25) is 0 Å². The topological polar surface area (TPSA) is 54.1 Å². The van der Waals surface area contributed by atoms with Gasteiger partial charge in [0.05, 0.1) is 19.8 Å². The fraction of sp³-hybridized carbons (Fsp3) is 0.476. The summed E-state index contributed by atoms with van der Waals surface area (Å²) in [5.74, 6) is 1.78. The molecule has 3 heterocycles. The average molecular weight is 371 g/mol. The van der Waals surface area contributed by atoms with Gasteiger partial charge in [-0.15, -0.1) is 0 Å². The molecule has 1 atom stereocenters. The molecule has 27 heavy (non-hydrogen) atoms. The molecule has 0 bridgehead atoms. The maximum Gasteiger partial charge on any atom is 0.218 e. The SMILES string of the molecule is Cc1cc(C(=O)C[NH+]2CCOCC2)c(C)n1C[C@@H]1COc2ccccc2O1. The maximum absolute atomic E-state index is 12.8. The van der Waals surface area contributed by atoms with Crippen LogP contribution in [-0.2, 0) is 11.3 Å². The Balaban J connectivity index is 1.45. The van der Waals surface area contributed by atoms with Gasteiger partial charge in [0.2, 0.25) is 5.78 Å². The molecule has 1 aromatic carbocycles. The largest absolute Gasteiger partial charge is 0.486 e. The van der Waals surface area contributed by atoms with Gasteiger partial charge < -0.3 is 23.7 Å². The van der Waals surface area contributed by atoms with Crippen molar-refractivity contribution in [1.82, 2.24) is 4.57 Å². The Labute approximate surface area is 159 Å². The van der Waals surface area contributed by atoms with Crippen LogP contribution in [-0.4, -0.2) is 55.9 Å². The van der Waals surface area contributed by atoms with Gasteiger partial charge in [0.15, 0.2) is 17.6 Å². The lowest BCUT2D eigenvalue weighted by atomic mass is 10.1. The minimum atomic E-state index is -0.0717. The third-order valence-corrected chi connectivity index (χ3v) is 5.44. The lowest BCUT2D eigenvalue weighted by Gasteiger charge is -2.27. The molecule has 2 aromatic rings. The average Bonchev–Trinajstić information content (AvgIpc) is 2.97. The minimum absolute atomic E-state index is 0.0717. The molecule has 0 radical (unpaired) electrons. The predicted octanol–water partition coefficient (Wildman–Crippen LogP) is 1.04. The Morgan fingerprint density at radius 1 is 1.19 bits per heavy atom. The maximum atomic E-state index is 12.8. The number of carbonyl (C=O) groups is 1. The third-order valence-electron chi connectivity index (χ3n) is 5.44. The Kier molecular flexibility index (Phi) is 5.18. The molecule has 0 spiro atoms. The minimum Gasteiger partial charge on any atom is -0.486 e. The van der Waals surface area contributed by atoms with Crippen molar-refractivity contribution in [1.29, 1.82) is 0 Å². The van der Waals surface area contributed by atoms with Gasteiger partial charge in [0.1, 0.15) is 26.2 Å². The number of nitrogens with zero attached hydrogens (tertiary/aromatic N) is 1. The number of hydrogen-bond acceptors (Lipinski definition) is 4. The monoisotopic (exact) mass is 371 g/mol. The number of aromatic nitrogens is 1. The van der Waals surface area contributed by atoms with E-state index in [9.17, 15) is 4.79 Å². The molecule has 0 saturated carbocycles. The number of quaternary nitrogens is 1. The lowest BCUT2D eigenvalue weighted by Crippen LogP contribution is -3.14. The number of benzene rings is 1. The quantitative estimate of drug-likeness (QED) is 0.798. The van der Waals surface area contributed by atoms with E-state index in [4.69, 9.17) is 14.2 Å².